The minimum Gasteiger partial charge on any atom is -0.508 e. The molecule has 1 fully saturated rings. The van der Waals surface area contributed by atoms with Gasteiger partial charge in [0.25, 0.3) is 0 Å². The number of aromatic hydroxyl groups is 1. The van der Waals surface area contributed by atoms with Crippen LogP contribution in [0.3, 0.4) is 0 Å². The quantitative estimate of drug-likeness (QED) is 0.838. The maximum Gasteiger partial charge on any atom is 0.115 e. The molecule has 0 amide bonds. The van der Waals surface area contributed by atoms with Crippen molar-refractivity contribution < 1.29 is 5.11 Å². The van der Waals surface area contributed by atoms with Crippen LogP contribution in [0, 0.1) is 0 Å². The van der Waals surface area contributed by atoms with Gasteiger partial charge in [-0.1, -0.05) is 19.1 Å². The van der Waals surface area contributed by atoms with Crippen LogP contribution >= 0.6 is 0 Å². The molecule has 2 rings (SSSR count). The molecule has 3 nitrogen and oxygen atoms in total. The summed E-state index contributed by atoms with van der Waals surface area (Å²) in [5, 5.41) is 13.0. The van der Waals surface area contributed by atoms with E-state index in [4.69, 9.17) is 0 Å². The molecule has 1 aliphatic carbocycles. The van der Waals surface area contributed by atoms with E-state index >= 15 is 0 Å². The first-order chi connectivity index (χ1) is 9.69. The van der Waals surface area contributed by atoms with Crippen LogP contribution in [0.5, 0.6) is 5.75 Å². The number of phenolic OH excluding ortho intramolecular Hbond substituents is 1. The molecular weight excluding hydrogens is 248 g/mol. The van der Waals surface area contributed by atoms with Gasteiger partial charge in [0.05, 0.1) is 0 Å². The van der Waals surface area contributed by atoms with Crippen molar-refractivity contribution in [2.45, 2.75) is 57.7 Å². The standard InChI is InChI=1S/C17H28N2O/c1-3-12-18-15-6-8-16(9-7-15)19(2)13-14-4-10-17(20)11-5-14/h4-5,10-11,15-16,18,20H,3,6-9,12-13H2,1-2H3. The minimum atomic E-state index is 0.346. The molecule has 1 saturated carbocycles. The van der Waals surface area contributed by atoms with E-state index in [1.54, 1.807) is 12.1 Å². The fraction of sp³-hybridized carbons (Fsp3) is 0.647. The predicted molar refractivity (Wildman–Crippen MR) is 83.9 cm³/mol. The molecule has 0 atom stereocenters. The zero-order chi connectivity index (χ0) is 14.4. The summed E-state index contributed by atoms with van der Waals surface area (Å²) in [6.45, 7) is 4.35. The van der Waals surface area contributed by atoms with E-state index in [0.717, 1.165) is 19.1 Å². The zero-order valence-electron chi connectivity index (χ0n) is 12.8. The third kappa shape index (κ3) is 4.50. The Hall–Kier alpha value is -1.06. The fourth-order valence-corrected chi connectivity index (χ4v) is 3.09. The molecule has 0 radical (unpaired) electrons. The van der Waals surface area contributed by atoms with Crippen molar-refractivity contribution in [3.63, 3.8) is 0 Å². The van der Waals surface area contributed by atoms with Crippen molar-refractivity contribution in [3.8, 4) is 5.75 Å². The van der Waals surface area contributed by atoms with Gasteiger partial charge in [0.1, 0.15) is 5.75 Å². The van der Waals surface area contributed by atoms with Crippen molar-refractivity contribution >= 4 is 0 Å². The second-order valence-corrected chi connectivity index (χ2v) is 6.04. The molecule has 20 heavy (non-hydrogen) atoms. The van der Waals surface area contributed by atoms with E-state index in [2.05, 4.69) is 24.2 Å². The molecule has 0 saturated heterocycles. The van der Waals surface area contributed by atoms with Crippen LogP contribution in [-0.2, 0) is 6.54 Å². The van der Waals surface area contributed by atoms with Crippen molar-refractivity contribution in [2.75, 3.05) is 13.6 Å². The Morgan fingerprint density at radius 2 is 1.80 bits per heavy atom. The SMILES string of the molecule is CCCNC1CCC(N(C)Cc2ccc(O)cc2)CC1. The van der Waals surface area contributed by atoms with Crippen molar-refractivity contribution in [1.82, 2.24) is 10.2 Å². The van der Waals surface area contributed by atoms with Crippen molar-refractivity contribution in [2.24, 2.45) is 0 Å². The first kappa shape index (κ1) is 15.3. The predicted octanol–water partition coefficient (Wildman–Crippen LogP) is 3.13. The molecule has 1 aliphatic rings. The van der Waals surface area contributed by atoms with Gasteiger partial charge >= 0.3 is 0 Å². The molecule has 0 heterocycles. The van der Waals surface area contributed by atoms with Gasteiger partial charge in [-0.3, -0.25) is 4.90 Å². The molecule has 3 heteroatoms. The monoisotopic (exact) mass is 276 g/mol. The number of hydrogen-bond acceptors (Lipinski definition) is 3. The number of nitrogens with zero attached hydrogens (tertiary/aromatic N) is 1. The van der Waals surface area contributed by atoms with Gasteiger partial charge in [0, 0.05) is 18.6 Å². The number of hydrogen-bond donors (Lipinski definition) is 2. The number of nitrogens with one attached hydrogen (secondary N) is 1. The van der Waals surface area contributed by atoms with E-state index in [9.17, 15) is 5.11 Å². The smallest absolute Gasteiger partial charge is 0.115 e. The summed E-state index contributed by atoms with van der Waals surface area (Å²) in [6, 6.07) is 9.00. The van der Waals surface area contributed by atoms with Gasteiger partial charge in [0.2, 0.25) is 0 Å². The van der Waals surface area contributed by atoms with Crippen LogP contribution in [0.1, 0.15) is 44.6 Å². The second-order valence-electron chi connectivity index (χ2n) is 6.04. The first-order valence-electron chi connectivity index (χ1n) is 7.90. The largest absolute Gasteiger partial charge is 0.508 e. The molecule has 0 bridgehead atoms. The van der Waals surface area contributed by atoms with E-state index in [1.165, 1.54) is 37.7 Å². The number of benzene rings is 1. The van der Waals surface area contributed by atoms with Gasteiger partial charge in [-0.25, -0.2) is 0 Å². The highest BCUT2D eigenvalue weighted by molar-refractivity contribution is 5.25. The lowest BCUT2D eigenvalue weighted by Crippen LogP contribution is -2.40. The second kappa shape index (κ2) is 7.65. The molecule has 0 unspecified atom stereocenters. The van der Waals surface area contributed by atoms with Crippen LogP contribution in [0.4, 0.5) is 0 Å². The van der Waals surface area contributed by atoms with Gasteiger partial charge in [-0.15, -0.1) is 0 Å². The zero-order valence-corrected chi connectivity index (χ0v) is 12.8. The van der Waals surface area contributed by atoms with Crippen LogP contribution in [0.15, 0.2) is 24.3 Å². The van der Waals surface area contributed by atoms with Crippen LogP contribution in [0.2, 0.25) is 0 Å². The van der Waals surface area contributed by atoms with E-state index < -0.39 is 0 Å². The van der Waals surface area contributed by atoms with Crippen molar-refractivity contribution in [3.05, 3.63) is 29.8 Å². The molecule has 0 aliphatic heterocycles. The Morgan fingerprint density at radius 1 is 1.15 bits per heavy atom. The first-order valence-corrected chi connectivity index (χ1v) is 7.90. The summed E-state index contributed by atoms with van der Waals surface area (Å²) in [5.74, 6) is 0.346. The number of phenols is 1. The highest BCUT2D eigenvalue weighted by Crippen LogP contribution is 2.24. The lowest BCUT2D eigenvalue weighted by atomic mass is 9.90. The highest BCUT2D eigenvalue weighted by atomic mass is 16.3. The third-order valence-corrected chi connectivity index (χ3v) is 4.37. The summed E-state index contributed by atoms with van der Waals surface area (Å²) < 4.78 is 0. The third-order valence-electron chi connectivity index (χ3n) is 4.37. The average molecular weight is 276 g/mol. The lowest BCUT2D eigenvalue weighted by molar-refractivity contribution is 0.168. The highest BCUT2D eigenvalue weighted by Gasteiger charge is 2.23. The molecule has 1 aromatic carbocycles. The Bertz CT molecular complexity index is 382. The lowest BCUT2D eigenvalue weighted by Gasteiger charge is -2.35. The summed E-state index contributed by atoms with van der Waals surface area (Å²) in [4.78, 5) is 2.46. The Morgan fingerprint density at radius 3 is 2.40 bits per heavy atom. The van der Waals surface area contributed by atoms with Gasteiger partial charge in [-0.05, 0) is 63.4 Å². The van der Waals surface area contributed by atoms with Gasteiger partial charge in [0.15, 0.2) is 0 Å². The van der Waals surface area contributed by atoms with Crippen molar-refractivity contribution in [1.29, 1.82) is 0 Å². The maximum atomic E-state index is 9.32. The Balaban J connectivity index is 1.76. The minimum absolute atomic E-state index is 0.346. The van der Waals surface area contributed by atoms with E-state index in [0.29, 0.717) is 11.8 Å². The Labute approximate surface area is 123 Å². The summed E-state index contributed by atoms with van der Waals surface area (Å²) in [7, 11) is 2.22. The normalized spacial score (nSPS) is 23.1. The summed E-state index contributed by atoms with van der Waals surface area (Å²) in [5.41, 5.74) is 1.27. The molecule has 112 valence electrons. The molecule has 0 spiro atoms. The molecule has 0 aromatic heterocycles. The summed E-state index contributed by atoms with van der Waals surface area (Å²) >= 11 is 0. The average Bonchev–Trinajstić information content (AvgIpc) is 2.48. The van der Waals surface area contributed by atoms with Crippen LogP contribution in [-0.4, -0.2) is 35.7 Å². The fourth-order valence-electron chi connectivity index (χ4n) is 3.09. The van der Waals surface area contributed by atoms with Crippen LogP contribution in [0.25, 0.3) is 0 Å². The van der Waals surface area contributed by atoms with Gasteiger partial charge < -0.3 is 10.4 Å². The number of rotatable bonds is 6. The topological polar surface area (TPSA) is 35.5 Å². The molecule has 2 N–H and O–H groups in total. The van der Waals surface area contributed by atoms with Crippen LogP contribution < -0.4 is 5.32 Å². The molecular formula is C17H28N2O. The maximum absolute atomic E-state index is 9.32. The Kier molecular flexibility index (Phi) is 5.86. The summed E-state index contributed by atoms with van der Waals surface area (Å²) in [6.07, 6.45) is 6.39. The van der Waals surface area contributed by atoms with E-state index in [-0.39, 0.29) is 0 Å². The van der Waals surface area contributed by atoms with Gasteiger partial charge in [-0.2, -0.15) is 0 Å². The van der Waals surface area contributed by atoms with E-state index in [1.807, 2.05) is 12.1 Å². The molecule has 1 aromatic rings.